The van der Waals surface area contributed by atoms with Crippen molar-refractivity contribution in [3.8, 4) is 0 Å². The van der Waals surface area contributed by atoms with Crippen molar-refractivity contribution in [3.63, 3.8) is 0 Å². The van der Waals surface area contributed by atoms with Crippen LogP contribution in [0.2, 0.25) is 10.0 Å². The maximum Gasteiger partial charge on any atom is 0.282 e. The van der Waals surface area contributed by atoms with Gasteiger partial charge >= 0.3 is 0 Å². The third-order valence-electron chi connectivity index (χ3n) is 4.54. The van der Waals surface area contributed by atoms with Crippen LogP contribution >= 0.6 is 23.2 Å². The van der Waals surface area contributed by atoms with Gasteiger partial charge in [-0.25, -0.2) is 4.98 Å². The van der Waals surface area contributed by atoms with Crippen molar-refractivity contribution in [2.75, 3.05) is 44.2 Å². The minimum atomic E-state index is -3.37. The first kappa shape index (κ1) is 18.2. The Labute approximate surface area is 153 Å². The predicted octanol–water partition coefficient (Wildman–Crippen LogP) is 2.63. The summed E-state index contributed by atoms with van der Waals surface area (Å²) >= 11 is 12.1. The molecular weight excluding hydrogens is 371 g/mol. The molecule has 134 valence electrons. The Morgan fingerprint density at radius 2 is 1.46 bits per heavy atom. The van der Waals surface area contributed by atoms with Gasteiger partial charge in [-0.1, -0.05) is 36.0 Å². The van der Waals surface area contributed by atoms with Crippen LogP contribution < -0.4 is 4.90 Å². The van der Waals surface area contributed by atoms with Crippen molar-refractivity contribution in [1.29, 1.82) is 0 Å². The van der Waals surface area contributed by atoms with E-state index in [1.54, 1.807) is 20.9 Å². The van der Waals surface area contributed by atoms with E-state index < -0.39 is 10.2 Å². The zero-order valence-corrected chi connectivity index (χ0v) is 15.8. The van der Waals surface area contributed by atoms with E-state index >= 15 is 0 Å². The number of nitrogens with zero attached hydrogens (tertiary/aromatic N) is 4. The average molecular weight is 393 g/mol. The third-order valence-corrected chi connectivity index (χ3v) is 7.06. The second kappa shape index (κ2) is 7.74. The number of pyridine rings is 1. The quantitative estimate of drug-likeness (QED) is 0.792. The van der Waals surface area contributed by atoms with Gasteiger partial charge in [0.05, 0.1) is 10.0 Å². The van der Waals surface area contributed by atoms with Gasteiger partial charge in [0, 0.05) is 45.5 Å². The van der Waals surface area contributed by atoms with E-state index in [-0.39, 0.29) is 0 Å². The molecule has 1 aromatic rings. The fourth-order valence-electron chi connectivity index (χ4n) is 3.21. The molecule has 2 saturated heterocycles. The van der Waals surface area contributed by atoms with E-state index in [4.69, 9.17) is 23.2 Å². The van der Waals surface area contributed by atoms with E-state index in [1.807, 2.05) is 4.90 Å². The van der Waals surface area contributed by atoms with Gasteiger partial charge in [-0.3, -0.25) is 0 Å². The van der Waals surface area contributed by atoms with Crippen molar-refractivity contribution < 1.29 is 8.42 Å². The van der Waals surface area contributed by atoms with Gasteiger partial charge in [0.15, 0.2) is 0 Å². The first-order chi connectivity index (χ1) is 11.5. The summed E-state index contributed by atoms with van der Waals surface area (Å²) in [5.74, 6) is 0.660. The fourth-order valence-corrected chi connectivity index (χ4v) is 5.38. The summed E-state index contributed by atoms with van der Waals surface area (Å²) in [4.78, 5) is 6.28. The Morgan fingerprint density at radius 3 is 2.04 bits per heavy atom. The molecule has 9 heteroatoms. The zero-order valence-electron chi connectivity index (χ0n) is 13.5. The number of hydrogen-bond donors (Lipinski definition) is 0. The molecule has 2 aliphatic rings. The first-order valence-corrected chi connectivity index (χ1v) is 10.4. The fraction of sp³-hybridized carbons (Fsp3) is 0.667. The predicted molar refractivity (Wildman–Crippen MR) is 97.0 cm³/mol. The van der Waals surface area contributed by atoms with E-state index in [2.05, 4.69) is 4.98 Å². The second-order valence-corrected chi connectivity index (χ2v) is 8.94. The van der Waals surface area contributed by atoms with Crippen molar-refractivity contribution in [2.45, 2.75) is 25.7 Å². The average Bonchev–Trinajstić information content (AvgIpc) is 2.85. The van der Waals surface area contributed by atoms with Gasteiger partial charge < -0.3 is 4.90 Å². The van der Waals surface area contributed by atoms with Crippen LogP contribution in [-0.4, -0.2) is 61.3 Å². The summed E-state index contributed by atoms with van der Waals surface area (Å²) in [7, 11) is -3.37. The summed E-state index contributed by atoms with van der Waals surface area (Å²) in [5.41, 5.74) is 0. The first-order valence-electron chi connectivity index (χ1n) is 8.30. The van der Waals surface area contributed by atoms with E-state index in [9.17, 15) is 8.42 Å². The maximum atomic E-state index is 12.8. The molecule has 0 radical (unpaired) electrons. The van der Waals surface area contributed by atoms with Gasteiger partial charge in [0.25, 0.3) is 10.2 Å². The Hall–Kier alpha value is -0.600. The molecule has 0 bridgehead atoms. The zero-order chi connectivity index (χ0) is 17.2. The van der Waals surface area contributed by atoms with Gasteiger partial charge in [-0.05, 0) is 18.9 Å². The molecule has 2 fully saturated rings. The monoisotopic (exact) mass is 392 g/mol. The lowest BCUT2D eigenvalue weighted by atomic mass is 10.2. The number of rotatable bonds is 3. The Kier molecular flexibility index (Phi) is 5.87. The number of piperazine rings is 1. The van der Waals surface area contributed by atoms with Crippen LogP contribution in [0.3, 0.4) is 0 Å². The van der Waals surface area contributed by atoms with E-state index in [1.165, 1.54) is 0 Å². The summed E-state index contributed by atoms with van der Waals surface area (Å²) < 4.78 is 28.9. The van der Waals surface area contributed by atoms with Gasteiger partial charge in [-0.2, -0.15) is 17.0 Å². The number of hydrogen-bond acceptors (Lipinski definition) is 4. The molecule has 0 spiro atoms. The van der Waals surface area contributed by atoms with Gasteiger partial charge in [-0.15, -0.1) is 0 Å². The van der Waals surface area contributed by atoms with Crippen molar-refractivity contribution in [3.05, 3.63) is 22.3 Å². The molecule has 3 heterocycles. The van der Waals surface area contributed by atoms with Crippen LogP contribution in [0.1, 0.15) is 25.7 Å². The smallest absolute Gasteiger partial charge is 0.282 e. The lowest BCUT2D eigenvalue weighted by molar-refractivity contribution is 0.327. The highest BCUT2D eigenvalue weighted by Crippen LogP contribution is 2.27. The van der Waals surface area contributed by atoms with Gasteiger partial charge in [0.2, 0.25) is 0 Å². The molecule has 6 nitrogen and oxygen atoms in total. The molecule has 24 heavy (non-hydrogen) atoms. The molecule has 0 saturated carbocycles. The minimum absolute atomic E-state index is 0.444. The summed E-state index contributed by atoms with van der Waals surface area (Å²) in [6.07, 6.45) is 5.68. The molecule has 2 aliphatic heterocycles. The summed E-state index contributed by atoms with van der Waals surface area (Å²) in [6, 6.07) is 1.66. The normalized spacial score (nSPS) is 21.7. The number of aromatic nitrogens is 1. The molecule has 0 aliphatic carbocycles. The summed E-state index contributed by atoms with van der Waals surface area (Å²) in [6.45, 7) is 3.29. The highest BCUT2D eigenvalue weighted by molar-refractivity contribution is 7.86. The maximum absolute atomic E-state index is 12.8. The Balaban J connectivity index is 1.65. The summed E-state index contributed by atoms with van der Waals surface area (Å²) in [5, 5.41) is 0.984. The highest BCUT2D eigenvalue weighted by atomic mass is 35.5. The van der Waals surface area contributed by atoms with Crippen molar-refractivity contribution in [2.24, 2.45) is 0 Å². The molecule has 0 unspecified atom stereocenters. The van der Waals surface area contributed by atoms with Crippen LogP contribution in [0.25, 0.3) is 0 Å². The van der Waals surface area contributed by atoms with Crippen LogP contribution in [0.15, 0.2) is 12.3 Å². The lowest BCUT2D eigenvalue weighted by Gasteiger charge is -2.37. The number of anilines is 1. The lowest BCUT2D eigenvalue weighted by Crippen LogP contribution is -2.53. The van der Waals surface area contributed by atoms with Crippen molar-refractivity contribution in [1.82, 2.24) is 13.6 Å². The molecule has 0 N–H and O–H groups in total. The van der Waals surface area contributed by atoms with Crippen LogP contribution in [-0.2, 0) is 10.2 Å². The minimum Gasteiger partial charge on any atom is -0.353 e. The second-order valence-electron chi connectivity index (χ2n) is 6.17. The van der Waals surface area contributed by atoms with E-state index in [0.29, 0.717) is 55.1 Å². The Bertz CT molecular complexity index is 670. The Morgan fingerprint density at radius 1 is 0.875 bits per heavy atom. The SMILES string of the molecule is O=S(=O)(N1CCCCCC1)N1CCN(c2ncc(Cl)cc2Cl)CC1. The topological polar surface area (TPSA) is 56.8 Å². The molecule has 3 rings (SSSR count). The van der Waals surface area contributed by atoms with Crippen LogP contribution in [0, 0.1) is 0 Å². The van der Waals surface area contributed by atoms with Crippen LogP contribution in [0.4, 0.5) is 5.82 Å². The highest BCUT2D eigenvalue weighted by Gasteiger charge is 2.33. The molecule has 0 aromatic carbocycles. The molecule has 1 aromatic heterocycles. The van der Waals surface area contributed by atoms with Gasteiger partial charge in [0.1, 0.15) is 5.82 Å². The molecule has 0 atom stereocenters. The molecule has 0 amide bonds. The van der Waals surface area contributed by atoms with Crippen molar-refractivity contribution >= 4 is 39.2 Å². The molecular formula is C15H22Cl2N4O2S. The third kappa shape index (κ3) is 3.96. The number of halogens is 2. The largest absolute Gasteiger partial charge is 0.353 e. The van der Waals surface area contributed by atoms with Crippen LogP contribution in [0.5, 0.6) is 0 Å². The standard InChI is InChI=1S/C15H22Cl2N4O2S/c16-13-11-14(17)15(18-12-13)19-7-9-21(10-8-19)24(22,23)20-5-3-1-2-4-6-20/h11-12H,1-10H2. The van der Waals surface area contributed by atoms with E-state index in [0.717, 1.165) is 25.7 Å².